The van der Waals surface area contributed by atoms with E-state index < -0.39 is 0 Å². The third kappa shape index (κ3) is 1.62. The molecule has 0 saturated heterocycles. The van der Waals surface area contributed by atoms with Gasteiger partial charge >= 0.3 is 0 Å². The molecule has 0 N–H and O–H groups in total. The molecular formula is C14H6BrClO2. The number of benzene rings is 2. The van der Waals surface area contributed by atoms with Crippen LogP contribution < -0.4 is 0 Å². The van der Waals surface area contributed by atoms with Crippen molar-refractivity contribution >= 4 is 39.1 Å². The van der Waals surface area contributed by atoms with Crippen molar-refractivity contribution < 1.29 is 9.59 Å². The molecule has 2 nitrogen and oxygen atoms in total. The largest absolute Gasteiger partial charge is 0.289 e. The van der Waals surface area contributed by atoms with Gasteiger partial charge in [-0.05, 0) is 36.4 Å². The summed E-state index contributed by atoms with van der Waals surface area (Å²) in [6, 6.07) is 9.85. The Balaban J connectivity index is 2.32. The van der Waals surface area contributed by atoms with Crippen molar-refractivity contribution in [1.82, 2.24) is 0 Å². The first-order valence-corrected chi connectivity index (χ1v) is 6.43. The summed E-state index contributed by atoms with van der Waals surface area (Å²) in [6.07, 6.45) is 0. The molecule has 3 rings (SSSR count). The normalized spacial score (nSPS) is 13.2. The molecule has 0 amide bonds. The van der Waals surface area contributed by atoms with Crippen molar-refractivity contribution in [3.05, 3.63) is 68.1 Å². The number of hydrogen-bond acceptors (Lipinski definition) is 2. The fourth-order valence-electron chi connectivity index (χ4n) is 2.09. The smallest absolute Gasteiger partial charge is 0.194 e. The maximum Gasteiger partial charge on any atom is 0.194 e. The van der Waals surface area contributed by atoms with E-state index in [1.807, 2.05) is 0 Å². The molecule has 18 heavy (non-hydrogen) atoms. The summed E-state index contributed by atoms with van der Waals surface area (Å²) in [6.45, 7) is 0. The average molecular weight is 322 g/mol. The number of ketones is 2. The zero-order valence-electron chi connectivity index (χ0n) is 9.04. The van der Waals surface area contributed by atoms with Crippen molar-refractivity contribution in [3.63, 3.8) is 0 Å². The van der Waals surface area contributed by atoms with Gasteiger partial charge in [-0.25, -0.2) is 0 Å². The van der Waals surface area contributed by atoms with Gasteiger partial charge in [-0.1, -0.05) is 27.5 Å². The van der Waals surface area contributed by atoms with Crippen LogP contribution in [0.5, 0.6) is 0 Å². The summed E-state index contributed by atoms with van der Waals surface area (Å²) in [7, 11) is 0. The standard InChI is InChI=1S/C14H6BrClO2/c15-7-1-3-9-11(5-7)14(18)12-6-8(16)2-4-10(12)13(9)17/h1-6H. The Hall–Kier alpha value is -1.45. The molecule has 0 fully saturated rings. The SMILES string of the molecule is O=C1c2ccc(Cl)cc2C(=O)c2cc(Br)ccc21. The monoisotopic (exact) mass is 320 g/mol. The van der Waals surface area contributed by atoms with Crippen molar-refractivity contribution in [2.24, 2.45) is 0 Å². The van der Waals surface area contributed by atoms with E-state index in [0.717, 1.165) is 4.47 Å². The minimum Gasteiger partial charge on any atom is -0.289 e. The van der Waals surface area contributed by atoms with Crippen LogP contribution in [0.3, 0.4) is 0 Å². The third-order valence-electron chi connectivity index (χ3n) is 2.94. The molecular weight excluding hydrogens is 316 g/mol. The van der Waals surface area contributed by atoms with Crippen LogP contribution in [0.2, 0.25) is 5.02 Å². The number of rotatable bonds is 0. The Morgan fingerprint density at radius 2 is 1.33 bits per heavy atom. The molecule has 1 aliphatic carbocycles. The molecule has 1 aliphatic rings. The molecule has 0 bridgehead atoms. The van der Waals surface area contributed by atoms with Crippen LogP contribution in [0.1, 0.15) is 31.8 Å². The van der Waals surface area contributed by atoms with Gasteiger partial charge in [0.15, 0.2) is 11.6 Å². The van der Waals surface area contributed by atoms with Gasteiger partial charge in [0.1, 0.15) is 0 Å². The number of fused-ring (bicyclic) bond motifs is 2. The average Bonchev–Trinajstić information content (AvgIpc) is 2.35. The topological polar surface area (TPSA) is 34.1 Å². The molecule has 0 aliphatic heterocycles. The molecule has 0 saturated carbocycles. The first-order chi connectivity index (χ1) is 8.58. The first-order valence-electron chi connectivity index (χ1n) is 5.26. The Labute approximate surface area is 117 Å². The third-order valence-corrected chi connectivity index (χ3v) is 3.67. The summed E-state index contributed by atoms with van der Waals surface area (Å²) < 4.78 is 0.771. The van der Waals surface area contributed by atoms with Gasteiger partial charge in [0.2, 0.25) is 0 Å². The Morgan fingerprint density at radius 1 is 0.778 bits per heavy atom. The molecule has 0 spiro atoms. The van der Waals surface area contributed by atoms with Crippen LogP contribution in [0.4, 0.5) is 0 Å². The minimum atomic E-state index is -0.164. The minimum absolute atomic E-state index is 0.135. The quantitative estimate of drug-likeness (QED) is 0.630. The van der Waals surface area contributed by atoms with Crippen molar-refractivity contribution in [2.75, 3.05) is 0 Å². The van der Waals surface area contributed by atoms with Crippen LogP contribution in [0.25, 0.3) is 0 Å². The van der Waals surface area contributed by atoms with Gasteiger partial charge in [-0.2, -0.15) is 0 Å². The highest BCUT2D eigenvalue weighted by Crippen LogP contribution is 2.30. The summed E-state index contributed by atoms with van der Waals surface area (Å²) in [5.41, 5.74) is 1.65. The Morgan fingerprint density at radius 3 is 2.06 bits per heavy atom. The van der Waals surface area contributed by atoms with Gasteiger partial charge in [0.25, 0.3) is 0 Å². The van der Waals surface area contributed by atoms with E-state index in [0.29, 0.717) is 27.3 Å². The van der Waals surface area contributed by atoms with E-state index in [-0.39, 0.29) is 11.6 Å². The summed E-state index contributed by atoms with van der Waals surface area (Å²) >= 11 is 9.18. The van der Waals surface area contributed by atoms with Gasteiger partial charge in [0, 0.05) is 31.7 Å². The van der Waals surface area contributed by atoms with E-state index in [9.17, 15) is 9.59 Å². The number of carbonyl (C=O) groups is 2. The van der Waals surface area contributed by atoms with Gasteiger partial charge < -0.3 is 0 Å². The van der Waals surface area contributed by atoms with Crippen LogP contribution >= 0.6 is 27.5 Å². The number of hydrogen-bond donors (Lipinski definition) is 0. The van der Waals surface area contributed by atoms with Crippen LogP contribution in [0, 0.1) is 0 Å². The van der Waals surface area contributed by atoms with Gasteiger partial charge in [0.05, 0.1) is 0 Å². The molecule has 0 heterocycles. The zero-order valence-corrected chi connectivity index (χ0v) is 11.4. The van der Waals surface area contributed by atoms with Crippen molar-refractivity contribution in [2.45, 2.75) is 0 Å². The Bertz CT molecular complexity index is 649. The summed E-state index contributed by atoms with van der Waals surface area (Å²) in [5, 5.41) is 0.452. The van der Waals surface area contributed by atoms with Crippen molar-refractivity contribution in [1.29, 1.82) is 0 Å². The molecule has 88 valence electrons. The second-order valence-corrected chi connectivity index (χ2v) is 5.39. The summed E-state index contributed by atoms with van der Waals surface area (Å²) in [4.78, 5) is 24.6. The fraction of sp³-hybridized carbons (Fsp3) is 0. The second kappa shape index (κ2) is 4.04. The maximum atomic E-state index is 12.3. The second-order valence-electron chi connectivity index (χ2n) is 4.04. The molecule has 2 aromatic rings. The lowest BCUT2D eigenvalue weighted by molar-refractivity contribution is 0.0979. The highest BCUT2D eigenvalue weighted by atomic mass is 79.9. The van der Waals surface area contributed by atoms with Crippen LogP contribution in [-0.4, -0.2) is 11.6 Å². The van der Waals surface area contributed by atoms with E-state index in [1.165, 1.54) is 0 Å². The zero-order chi connectivity index (χ0) is 12.9. The molecule has 0 radical (unpaired) electrons. The summed E-state index contributed by atoms with van der Waals surface area (Å²) in [5.74, 6) is -0.299. The number of carbonyl (C=O) groups excluding carboxylic acids is 2. The Kier molecular flexibility index (Phi) is 2.61. The van der Waals surface area contributed by atoms with Gasteiger partial charge in [-0.3, -0.25) is 9.59 Å². The van der Waals surface area contributed by atoms with E-state index in [1.54, 1.807) is 36.4 Å². The fourth-order valence-corrected chi connectivity index (χ4v) is 2.63. The predicted molar refractivity (Wildman–Crippen MR) is 72.5 cm³/mol. The van der Waals surface area contributed by atoms with Crippen molar-refractivity contribution in [3.8, 4) is 0 Å². The predicted octanol–water partition coefficient (Wildman–Crippen LogP) is 3.88. The van der Waals surface area contributed by atoms with E-state index in [2.05, 4.69) is 15.9 Å². The molecule has 0 unspecified atom stereocenters. The van der Waals surface area contributed by atoms with Crippen LogP contribution in [0.15, 0.2) is 40.9 Å². The molecule has 0 atom stereocenters. The van der Waals surface area contributed by atoms with E-state index >= 15 is 0 Å². The maximum absolute atomic E-state index is 12.3. The molecule has 4 heteroatoms. The number of halogens is 2. The lowest BCUT2D eigenvalue weighted by Gasteiger charge is -2.17. The lowest BCUT2D eigenvalue weighted by Crippen LogP contribution is -2.20. The highest BCUT2D eigenvalue weighted by Gasteiger charge is 2.29. The van der Waals surface area contributed by atoms with E-state index in [4.69, 9.17) is 11.6 Å². The lowest BCUT2D eigenvalue weighted by atomic mass is 9.84. The molecule has 2 aromatic carbocycles. The highest BCUT2D eigenvalue weighted by molar-refractivity contribution is 9.10. The first kappa shape index (κ1) is 11.6. The van der Waals surface area contributed by atoms with Crippen LogP contribution in [-0.2, 0) is 0 Å². The van der Waals surface area contributed by atoms with Gasteiger partial charge in [-0.15, -0.1) is 0 Å². The molecule has 0 aromatic heterocycles.